The van der Waals surface area contributed by atoms with Crippen molar-refractivity contribution in [3.63, 3.8) is 0 Å². The van der Waals surface area contributed by atoms with Crippen molar-refractivity contribution in [3.05, 3.63) is 40.9 Å². The summed E-state index contributed by atoms with van der Waals surface area (Å²) in [5.41, 5.74) is 1.63. The summed E-state index contributed by atoms with van der Waals surface area (Å²) < 4.78 is 14.9. The molecular formula is C17H22ClFN4O. The fourth-order valence-electron chi connectivity index (χ4n) is 3.16. The van der Waals surface area contributed by atoms with Crippen molar-refractivity contribution >= 4 is 11.6 Å². The van der Waals surface area contributed by atoms with Crippen molar-refractivity contribution in [2.75, 3.05) is 19.7 Å². The number of aromatic nitrogens is 3. The van der Waals surface area contributed by atoms with Crippen LogP contribution in [0.3, 0.4) is 0 Å². The summed E-state index contributed by atoms with van der Waals surface area (Å²) in [6.45, 7) is 5.03. The lowest BCUT2D eigenvalue weighted by atomic mass is 9.77. The van der Waals surface area contributed by atoms with Crippen LogP contribution in [0, 0.1) is 11.2 Å². The highest BCUT2D eigenvalue weighted by Crippen LogP contribution is 2.34. The Bertz CT molecular complexity index is 692. The molecule has 3 rings (SSSR count). The summed E-state index contributed by atoms with van der Waals surface area (Å²) in [6.07, 6.45) is 4.86. The van der Waals surface area contributed by atoms with Gasteiger partial charge in [-0.2, -0.15) is 0 Å². The first-order valence-electron chi connectivity index (χ1n) is 8.25. The Morgan fingerprint density at radius 2 is 2.08 bits per heavy atom. The van der Waals surface area contributed by atoms with Crippen molar-refractivity contribution in [1.29, 1.82) is 0 Å². The van der Waals surface area contributed by atoms with Gasteiger partial charge in [0.2, 0.25) is 0 Å². The molecule has 2 heterocycles. The van der Waals surface area contributed by atoms with Crippen LogP contribution in [0.25, 0.3) is 5.69 Å². The molecule has 0 atom stereocenters. The van der Waals surface area contributed by atoms with Gasteiger partial charge >= 0.3 is 0 Å². The molecule has 0 spiro atoms. The van der Waals surface area contributed by atoms with Crippen molar-refractivity contribution in [2.45, 2.75) is 32.7 Å². The van der Waals surface area contributed by atoms with E-state index < -0.39 is 5.82 Å². The molecule has 2 aromatic rings. The minimum absolute atomic E-state index is 0.0699. The first-order chi connectivity index (χ1) is 11.5. The molecule has 0 saturated carbocycles. The number of piperidine rings is 1. The molecule has 1 fully saturated rings. The van der Waals surface area contributed by atoms with Crippen LogP contribution in [-0.4, -0.2) is 44.7 Å². The van der Waals surface area contributed by atoms with Gasteiger partial charge in [0.25, 0.3) is 0 Å². The van der Waals surface area contributed by atoms with Gasteiger partial charge in [-0.3, -0.25) is 4.90 Å². The standard InChI is InChI=1S/C17H22ClFN4O/c1-2-17(12-24)5-7-22(8-6-17)10-13-11-23(21-20-13)14-3-4-16(19)15(18)9-14/h3-4,9,11,24H,2,5-8,10,12H2,1H3. The van der Waals surface area contributed by atoms with Crippen LogP contribution in [0.5, 0.6) is 0 Å². The Hall–Kier alpha value is -1.50. The lowest BCUT2D eigenvalue weighted by Crippen LogP contribution is -2.41. The van der Waals surface area contributed by atoms with E-state index in [9.17, 15) is 9.50 Å². The molecule has 0 bridgehead atoms. The predicted molar refractivity (Wildman–Crippen MR) is 90.6 cm³/mol. The predicted octanol–water partition coefficient (Wildman–Crippen LogP) is 3.04. The number of aliphatic hydroxyl groups excluding tert-OH is 1. The highest BCUT2D eigenvalue weighted by molar-refractivity contribution is 6.30. The zero-order valence-electron chi connectivity index (χ0n) is 13.8. The van der Waals surface area contributed by atoms with E-state index in [0.29, 0.717) is 5.69 Å². The number of halogens is 2. The fraction of sp³-hybridized carbons (Fsp3) is 0.529. The van der Waals surface area contributed by atoms with Gasteiger partial charge in [0.15, 0.2) is 0 Å². The molecule has 1 aliphatic rings. The first-order valence-corrected chi connectivity index (χ1v) is 8.63. The molecule has 1 aromatic carbocycles. The quantitative estimate of drug-likeness (QED) is 0.898. The van der Waals surface area contributed by atoms with Gasteiger partial charge in [-0.1, -0.05) is 23.7 Å². The van der Waals surface area contributed by atoms with E-state index in [1.807, 2.05) is 6.20 Å². The molecule has 1 aromatic heterocycles. The Morgan fingerprint density at radius 3 is 2.71 bits per heavy atom. The largest absolute Gasteiger partial charge is 0.396 e. The van der Waals surface area contributed by atoms with E-state index >= 15 is 0 Å². The van der Waals surface area contributed by atoms with E-state index in [-0.39, 0.29) is 17.0 Å². The number of benzene rings is 1. The SMILES string of the molecule is CCC1(CO)CCN(Cc2cn(-c3ccc(F)c(Cl)c3)nn2)CC1. The normalized spacial score (nSPS) is 18.0. The van der Waals surface area contributed by atoms with Gasteiger partial charge in [0, 0.05) is 13.2 Å². The molecule has 0 amide bonds. The van der Waals surface area contributed by atoms with Crippen LogP contribution in [0.15, 0.2) is 24.4 Å². The summed E-state index contributed by atoms with van der Waals surface area (Å²) in [6, 6.07) is 4.48. The van der Waals surface area contributed by atoms with E-state index in [0.717, 1.165) is 44.6 Å². The summed E-state index contributed by atoms with van der Waals surface area (Å²) in [7, 11) is 0. The third-order valence-corrected chi connectivity index (χ3v) is 5.39. The summed E-state index contributed by atoms with van der Waals surface area (Å²) in [4.78, 5) is 2.33. The van der Waals surface area contributed by atoms with Crippen molar-refractivity contribution in [1.82, 2.24) is 19.9 Å². The Labute approximate surface area is 146 Å². The summed E-state index contributed by atoms with van der Waals surface area (Å²) in [5.74, 6) is -0.447. The minimum atomic E-state index is -0.447. The Balaban J connectivity index is 1.64. The van der Waals surface area contributed by atoms with Crippen LogP contribution >= 0.6 is 11.6 Å². The third-order valence-electron chi connectivity index (χ3n) is 5.10. The molecular weight excluding hydrogens is 331 g/mol. The van der Waals surface area contributed by atoms with E-state index in [2.05, 4.69) is 22.1 Å². The average molecular weight is 353 g/mol. The molecule has 1 saturated heterocycles. The van der Waals surface area contributed by atoms with E-state index in [1.54, 1.807) is 10.7 Å². The van der Waals surface area contributed by atoms with Gasteiger partial charge in [-0.25, -0.2) is 9.07 Å². The lowest BCUT2D eigenvalue weighted by Gasteiger charge is -2.39. The molecule has 0 unspecified atom stereocenters. The van der Waals surface area contributed by atoms with E-state index in [1.165, 1.54) is 12.1 Å². The number of aliphatic hydroxyl groups is 1. The van der Waals surface area contributed by atoms with Crippen molar-refractivity contribution in [3.8, 4) is 5.69 Å². The molecule has 0 radical (unpaired) electrons. The second kappa shape index (κ2) is 7.17. The highest BCUT2D eigenvalue weighted by Gasteiger charge is 2.32. The van der Waals surface area contributed by atoms with Gasteiger partial charge in [-0.15, -0.1) is 5.10 Å². The Morgan fingerprint density at radius 1 is 1.33 bits per heavy atom. The fourth-order valence-corrected chi connectivity index (χ4v) is 3.34. The Kier molecular flexibility index (Phi) is 5.18. The average Bonchev–Trinajstić information content (AvgIpc) is 3.07. The topological polar surface area (TPSA) is 54.2 Å². The maximum Gasteiger partial charge on any atom is 0.141 e. The van der Waals surface area contributed by atoms with Crippen molar-refractivity contribution in [2.24, 2.45) is 5.41 Å². The highest BCUT2D eigenvalue weighted by atomic mass is 35.5. The summed E-state index contributed by atoms with van der Waals surface area (Å²) >= 11 is 5.82. The lowest BCUT2D eigenvalue weighted by molar-refractivity contribution is 0.0378. The van der Waals surface area contributed by atoms with Crippen LogP contribution < -0.4 is 0 Å². The second-order valence-corrected chi connectivity index (χ2v) is 6.95. The number of rotatable bonds is 5. The monoisotopic (exact) mass is 352 g/mol. The van der Waals surface area contributed by atoms with Gasteiger partial charge in [0.1, 0.15) is 5.82 Å². The van der Waals surface area contributed by atoms with Crippen LogP contribution in [0.1, 0.15) is 31.9 Å². The van der Waals surface area contributed by atoms with Crippen LogP contribution in [0.4, 0.5) is 4.39 Å². The number of likely N-dealkylation sites (tertiary alicyclic amines) is 1. The number of hydrogen-bond acceptors (Lipinski definition) is 4. The van der Waals surface area contributed by atoms with Gasteiger partial charge in [0.05, 0.1) is 22.6 Å². The van der Waals surface area contributed by atoms with E-state index in [4.69, 9.17) is 11.6 Å². The zero-order chi connectivity index (χ0) is 17.2. The molecule has 1 aliphatic heterocycles. The molecule has 0 aliphatic carbocycles. The molecule has 24 heavy (non-hydrogen) atoms. The number of nitrogens with zero attached hydrogens (tertiary/aromatic N) is 4. The maximum absolute atomic E-state index is 13.2. The molecule has 7 heteroatoms. The summed E-state index contributed by atoms with van der Waals surface area (Å²) in [5, 5.41) is 18.0. The zero-order valence-corrected chi connectivity index (χ0v) is 14.5. The van der Waals surface area contributed by atoms with Crippen LogP contribution in [-0.2, 0) is 6.54 Å². The van der Waals surface area contributed by atoms with Crippen LogP contribution in [0.2, 0.25) is 5.02 Å². The second-order valence-electron chi connectivity index (χ2n) is 6.54. The first kappa shape index (κ1) is 17.3. The molecule has 5 nitrogen and oxygen atoms in total. The van der Waals surface area contributed by atoms with Crippen molar-refractivity contribution < 1.29 is 9.50 Å². The minimum Gasteiger partial charge on any atom is -0.396 e. The smallest absolute Gasteiger partial charge is 0.141 e. The maximum atomic E-state index is 13.2. The van der Waals surface area contributed by atoms with Gasteiger partial charge in [-0.05, 0) is 56.0 Å². The molecule has 1 N–H and O–H groups in total. The third kappa shape index (κ3) is 3.61. The number of hydrogen-bond donors (Lipinski definition) is 1. The van der Waals surface area contributed by atoms with Gasteiger partial charge < -0.3 is 5.11 Å². The molecule has 130 valence electrons.